The molecule has 7 rings (SSSR count). The van der Waals surface area contributed by atoms with Crippen molar-refractivity contribution >= 4 is 16.7 Å². The number of alkyl halides is 2. The number of nitrogens with zero attached hydrogens (tertiary/aromatic N) is 5. The van der Waals surface area contributed by atoms with Crippen LogP contribution in [0.5, 0.6) is 0 Å². The van der Waals surface area contributed by atoms with E-state index in [1.165, 1.54) is 12.4 Å². The third-order valence-electron chi connectivity index (χ3n) is 8.60. The highest BCUT2D eigenvalue weighted by Crippen LogP contribution is 2.48. The Bertz CT molecular complexity index is 1410. The summed E-state index contributed by atoms with van der Waals surface area (Å²) < 4.78 is 36.6. The molecule has 1 N–H and O–H groups in total. The smallest absolute Gasteiger partial charge is 0.273 e. The molecule has 2 aromatic heterocycles. The standard InChI is InChI=1S/C31H36F2N6O/c1-21-23-6-4-7-24(14-23)31(32,33)16-22-17-39(18-22)11-2-3-12-40-13-5-8-26-28-25(29(37-21)36-20-35-28)15-27(38-26)30(19-34)9-10-30/h4,6-7,14-15,20-22H,2-3,5,8-13,16-18H2,1H3,(H,35,36,37)/t21-/m1/s1. The summed E-state index contributed by atoms with van der Waals surface area (Å²) in [6.07, 6.45) is 6.40. The molecule has 8 bridgehead atoms. The number of nitriles is 1. The van der Waals surface area contributed by atoms with Gasteiger partial charge in [-0.05, 0) is 75.6 Å². The average molecular weight is 547 g/mol. The fraction of sp³-hybridized carbons (Fsp3) is 0.548. The number of aromatic nitrogens is 3. The molecular weight excluding hydrogens is 510 g/mol. The number of anilines is 1. The van der Waals surface area contributed by atoms with Gasteiger partial charge in [-0.3, -0.25) is 4.98 Å². The van der Waals surface area contributed by atoms with Crippen molar-refractivity contribution in [1.29, 1.82) is 5.26 Å². The zero-order chi connectivity index (χ0) is 27.7. The van der Waals surface area contributed by atoms with Gasteiger partial charge in [0.2, 0.25) is 0 Å². The quantitative estimate of drug-likeness (QED) is 0.406. The van der Waals surface area contributed by atoms with E-state index in [9.17, 15) is 5.26 Å². The van der Waals surface area contributed by atoms with E-state index in [1.807, 2.05) is 19.1 Å². The van der Waals surface area contributed by atoms with E-state index < -0.39 is 11.3 Å². The van der Waals surface area contributed by atoms with Gasteiger partial charge in [0.05, 0.1) is 28.4 Å². The Morgan fingerprint density at radius 2 is 1.93 bits per heavy atom. The van der Waals surface area contributed by atoms with Crippen LogP contribution >= 0.6 is 0 Å². The number of fused-ring (bicyclic) bond motifs is 9. The second-order valence-electron chi connectivity index (χ2n) is 11.7. The summed E-state index contributed by atoms with van der Waals surface area (Å²) >= 11 is 0. The van der Waals surface area contributed by atoms with E-state index >= 15 is 8.78 Å². The minimum Gasteiger partial charge on any atom is -0.381 e. The Labute approximate surface area is 234 Å². The summed E-state index contributed by atoms with van der Waals surface area (Å²) in [5, 5.41) is 14.1. The summed E-state index contributed by atoms with van der Waals surface area (Å²) in [6, 6.07) is 10.9. The Hall–Kier alpha value is -3.22. The summed E-state index contributed by atoms with van der Waals surface area (Å²) in [5.74, 6) is -2.26. The molecular formula is C31H36F2N6O. The van der Waals surface area contributed by atoms with Crippen molar-refractivity contribution in [2.45, 2.75) is 69.2 Å². The van der Waals surface area contributed by atoms with Crippen LogP contribution < -0.4 is 5.32 Å². The lowest BCUT2D eigenvalue weighted by Gasteiger charge is -2.41. The first-order valence-electron chi connectivity index (χ1n) is 14.5. The number of halogens is 2. The number of pyridine rings is 1. The first kappa shape index (κ1) is 27.0. The minimum absolute atomic E-state index is 0.0101. The van der Waals surface area contributed by atoms with Crippen molar-refractivity contribution in [3.63, 3.8) is 0 Å². The zero-order valence-corrected chi connectivity index (χ0v) is 23.0. The lowest BCUT2D eigenvalue weighted by molar-refractivity contribution is -0.0570. The first-order chi connectivity index (χ1) is 19.4. The number of benzene rings is 1. The van der Waals surface area contributed by atoms with E-state index in [0.29, 0.717) is 25.5 Å². The number of rotatable bonds is 1. The summed E-state index contributed by atoms with van der Waals surface area (Å²) in [4.78, 5) is 16.3. The van der Waals surface area contributed by atoms with Crippen molar-refractivity contribution in [2.75, 3.05) is 38.2 Å². The lowest BCUT2D eigenvalue weighted by atomic mass is 9.89. The van der Waals surface area contributed by atoms with Gasteiger partial charge in [0, 0.05) is 49.7 Å². The van der Waals surface area contributed by atoms with Crippen LogP contribution in [0.25, 0.3) is 10.9 Å². The second-order valence-corrected chi connectivity index (χ2v) is 11.7. The van der Waals surface area contributed by atoms with E-state index in [4.69, 9.17) is 9.72 Å². The van der Waals surface area contributed by atoms with Crippen molar-refractivity contribution in [2.24, 2.45) is 5.92 Å². The highest BCUT2D eigenvalue weighted by atomic mass is 19.3. The van der Waals surface area contributed by atoms with E-state index in [-0.39, 0.29) is 23.9 Å². The second kappa shape index (κ2) is 11.0. The molecule has 1 aliphatic carbocycles. The Morgan fingerprint density at radius 1 is 1.10 bits per heavy atom. The highest BCUT2D eigenvalue weighted by Gasteiger charge is 2.47. The van der Waals surface area contributed by atoms with Crippen LogP contribution in [-0.4, -0.2) is 52.7 Å². The summed E-state index contributed by atoms with van der Waals surface area (Å²) in [5.41, 5.74) is 2.61. The third-order valence-corrected chi connectivity index (χ3v) is 8.60. The molecule has 1 atom stereocenters. The molecule has 5 heterocycles. The number of aryl methyl sites for hydroxylation is 1. The van der Waals surface area contributed by atoms with Crippen LogP contribution in [0.1, 0.15) is 74.0 Å². The van der Waals surface area contributed by atoms with Crippen molar-refractivity contribution < 1.29 is 13.5 Å². The average Bonchev–Trinajstić information content (AvgIpc) is 3.74. The maximum atomic E-state index is 15.4. The van der Waals surface area contributed by atoms with Crippen LogP contribution in [0.2, 0.25) is 0 Å². The van der Waals surface area contributed by atoms with Crippen LogP contribution in [0.3, 0.4) is 0 Å². The van der Waals surface area contributed by atoms with Crippen molar-refractivity contribution in [1.82, 2.24) is 19.9 Å². The summed E-state index contributed by atoms with van der Waals surface area (Å²) in [6.45, 7) is 5.66. The van der Waals surface area contributed by atoms with Gasteiger partial charge < -0.3 is 15.0 Å². The molecule has 210 valence electrons. The Morgan fingerprint density at radius 3 is 2.73 bits per heavy atom. The molecule has 3 aromatic rings. The molecule has 4 aliphatic rings. The van der Waals surface area contributed by atoms with Gasteiger partial charge in [-0.1, -0.05) is 18.2 Å². The molecule has 40 heavy (non-hydrogen) atoms. The largest absolute Gasteiger partial charge is 0.381 e. The maximum Gasteiger partial charge on any atom is 0.273 e. The molecule has 1 aromatic carbocycles. The number of hydrogen-bond acceptors (Lipinski definition) is 7. The van der Waals surface area contributed by atoms with Crippen LogP contribution in [0, 0.1) is 17.2 Å². The van der Waals surface area contributed by atoms with E-state index in [0.717, 1.165) is 79.6 Å². The normalized spacial score (nSPS) is 26.4. The molecule has 7 nitrogen and oxygen atoms in total. The minimum atomic E-state index is -2.88. The molecule has 0 unspecified atom stereocenters. The molecule has 0 radical (unpaired) electrons. The molecule has 9 heteroatoms. The SMILES string of the molecule is C[C@H]1Nc2ncnc3c(nc(C4(C#N)CC4)cc23)CCCOCCCCN2CC(C2)CC(F)(F)c2cccc1c2. The molecule has 0 amide bonds. The first-order valence-corrected chi connectivity index (χ1v) is 14.5. The molecule has 0 spiro atoms. The molecule has 3 aliphatic heterocycles. The third kappa shape index (κ3) is 5.52. The molecule has 2 fully saturated rings. The predicted molar refractivity (Wildman–Crippen MR) is 149 cm³/mol. The number of nitrogens with one attached hydrogen (secondary N) is 1. The fourth-order valence-corrected chi connectivity index (χ4v) is 5.99. The van der Waals surface area contributed by atoms with E-state index in [2.05, 4.69) is 26.3 Å². The Kier molecular flexibility index (Phi) is 7.41. The van der Waals surface area contributed by atoms with Gasteiger partial charge in [0.15, 0.2) is 0 Å². The fourth-order valence-electron chi connectivity index (χ4n) is 5.99. The van der Waals surface area contributed by atoms with Gasteiger partial charge in [0.25, 0.3) is 5.92 Å². The van der Waals surface area contributed by atoms with Crippen molar-refractivity contribution in [3.05, 3.63) is 59.2 Å². The lowest BCUT2D eigenvalue weighted by Crippen LogP contribution is -2.48. The van der Waals surface area contributed by atoms with Gasteiger partial charge in [-0.15, -0.1) is 0 Å². The highest BCUT2D eigenvalue weighted by molar-refractivity contribution is 5.91. The number of ether oxygens (including phenoxy) is 1. The molecule has 1 saturated carbocycles. The van der Waals surface area contributed by atoms with Gasteiger partial charge in [0.1, 0.15) is 12.1 Å². The van der Waals surface area contributed by atoms with Gasteiger partial charge >= 0.3 is 0 Å². The molecule has 1 saturated heterocycles. The van der Waals surface area contributed by atoms with Crippen LogP contribution in [-0.2, 0) is 22.5 Å². The predicted octanol–water partition coefficient (Wildman–Crippen LogP) is 5.91. The number of hydrogen-bond donors (Lipinski definition) is 1. The van der Waals surface area contributed by atoms with Crippen LogP contribution in [0.4, 0.5) is 14.6 Å². The van der Waals surface area contributed by atoms with E-state index in [1.54, 1.807) is 12.1 Å². The summed E-state index contributed by atoms with van der Waals surface area (Å²) in [7, 11) is 0. The maximum absolute atomic E-state index is 15.4. The Balaban J connectivity index is 1.34. The monoisotopic (exact) mass is 546 g/mol. The zero-order valence-electron chi connectivity index (χ0n) is 23.0. The van der Waals surface area contributed by atoms with Crippen molar-refractivity contribution in [3.8, 4) is 6.07 Å². The van der Waals surface area contributed by atoms with Crippen LogP contribution in [0.15, 0.2) is 36.7 Å². The topological polar surface area (TPSA) is 87.0 Å². The van der Waals surface area contributed by atoms with Gasteiger partial charge in [-0.2, -0.15) is 5.26 Å². The van der Waals surface area contributed by atoms with Gasteiger partial charge in [-0.25, -0.2) is 18.7 Å².